The van der Waals surface area contributed by atoms with Crippen molar-refractivity contribution >= 4 is 39.0 Å². The number of aryl methyl sites for hydroxylation is 1. The minimum Gasteiger partial charge on any atom is -0.373 e. The van der Waals surface area contributed by atoms with Gasteiger partial charge < -0.3 is 10.4 Å². The summed E-state index contributed by atoms with van der Waals surface area (Å²) < 4.78 is 65.1. The van der Waals surface area contributed by atoms with E-state index in [0.29, 0.717) is 0 Å². The summed E-state index contributed by atoms with van der Waals surface area (Å²) in [5.74, 6) is -1.71. The van der Waals surface area contributed by atoms with Crippen LogP contribution in [-0.2, 0) is 14.8 Å². The minimum atomic E-state index is -5.21. The molecule has 0 aliphatic heterocycles. The predicted molar refractivity (Wildman–Crippen MR) is 96.5 cm³/mol. The average Bonchev–Trinajstić information content (AvgIpc) is 2.57. The Labute approximate surface area is 163 Å². The van der Waals surface area contributed by atoms with Crippen molar-refractivity contribution in [2.75, 3.05) is 10.0 Å². The fraction of sp³-hybridized carbons (Fsp3) is 0.250. The fourth-order valence-corrected chi connectivity index (χ4v) is 3.19. The van der Waals surface area contributed by atoms with E-state index in [1.165, 1.54) is 12.3 Å². The zero-order chi connectivity index (χ0) is 21.3. The van der Waals surface area contributed by atoms with E-state index in [2.05, 4.69) is 9.71 Å². The zero-order valence-electron chi connectivity index (χ0n) is 14.5. The molecule has 12 heteroatoms. The number of pyridine rings is 1. The SMILES string of the molecule is Cc1ccc(NS(=O)(=O)c2ccc(NC(=O)C(C)(O)C(F)(F)F)c(Cl)c2)nc1. The number of alkyl halides is 3. The van der Waals surface area contributed by atoms with Crippen molar-refractivity contribution in [1.29, 1.82) is 0 Å². The monoisotopic (exact) mass is 437 g/mol. The number of aliphatic hydroxyl groups is 1. The zero-order valence-corrected chi connectivity index (χ0v) is 16.1. The summed E-state index contributed by atoms with van der Waals surface area (Å²) in [5, 5.41) is 10.8. The first-order valence-corrected chi connectivity index (χ1v) is 9.46. The Kier molecular flexibility index (Phi) is 5.93. The standard InChI is InChI=1S/C16H15ClF3N3O4S/c1-9-3-6-13(21-8-9)23-28(26,27)10-4-5-12(11(17)7-10)22-14(24)15(2,25)16(18,19)20/h3-8,25H,1-2H3,(H,21,23)(H,22,24). The number of sulfonamides is 1. The van der Waals surface area contributed by atoms with Gasteiger partial charge in [-0.25, -0.2) is 13.4 Å². The lowest BCUT2D eigenvalue weighted by Gasteiger charge is -2.25. The van der Waals surface area contributed by atoms with Gasteiger partial charge in [-0.3, -0.25) is 9.52 Å². The summed E-state index contributed by atoms with van der Waals surface area (Å²) in [7, 11) is -4.08. The number of hydrogen-bond acceptors (Lipinski definition) is 5. The molecule has 0 aliphatic carbocycles. The van der Waals surface area contributed by atoms with E-state index in [1.807, 2.05) is 5.32 Å². The molecule has 0 saturated heterocycles. The summed E-state index contributed by atoms with van der Waals surface area (Å²) in [6, 6.07) is 6.06. The number of benzene rings is 1. The van der Waals surface area contributed by atoms with E-state index in [-0.39, 0.29) is 28.3 Å². The second-order valence-corrected chi connectivity index (χ2v) is 8.08. The van der Waals surface area contributed by atoms with Crippen LogP contribution in [0.25, 0.3) is 0 Å². The molecule has 0 saturated carbocycles. The summed E-state index contributed by atoms with van der Waals surface area (Å²) in [6.45, 7) is 2.06. The molecule has 0 radical (unpaired) electrons. The van der Waals surface area contributed by atoms with Crippen LogP contribution in [-0.4, -0.2) is 36.2 Å². The molecule has 152 valence electrons. The third kappa shape index (κ3) is 4.72. The van der Waals surface area contributed by atoms with Gasteiger partial charge in [0.2, 0.25) is 5.60 Å². The van der Waals surface area contributed by atoms with Gasteiger partial charge >= 0.3 is 6.18 Å². The van der Waals surface area contributed by atoms with Crippen molar-refractivity contribution in [1.82, 2.24) is 4.98 Å². The highest BCUT2D eigenvalue weighted by atomic mass is 35.5. The molecule has 3 N–H and O–H groups in total. The van der Waals surface area contributed by atoms with Crippen molar-refractivity contribution in [3.05, 3.63) is 47.1 Å². The molecule has 1 atom stereocenters. The fourth-order valence-electron chi connectivity index (χ4n) is 1.86. The molecule has 0 fully saturated rings. The number of carbonyl (C=O) groups excluding carboxylic acids is 1. The first-order valence-electron chi connectivity index (χ1n) is 7.59. The quantitative estimate of drug-likeness (QED) is 0.666. The van der Waals surface area contributed by atoms with Crippen LogP contribution < -0.4 is 10.0 Å². The van der Waals surface area contributed by atoms with Crippen LogP contribution >= 0.6 is 11.6 Å². The number of nitrogens with one attached hydrogen (secondary N) is 2. The second-order valence-electron chi connectivity index (χ2n) is 5.99. The normalized spacial score (nSPS) is 14.2. The number of anilines is 2. The highest BCUT2D eigenvalue weighted by molar-refractivity contribution is 7.92. The van der Waals surface area contributed by atoms with Gasteiger partial charge in [-0.05, 0) is 43.7 Å². The van der Waals surface area contributed by atoms with Crippen molar-refractivity contribution in [2.24, 2.45) is 0 Å². The Morgan fingerprint density at radius 2 is 1.86 bits per heavy atom. The highest BCUT2D eigenvalue weighted by Gasteiger charge is 2.55. The Morgan fingerprint density at radius 1 is 1.21 bits per heavy atom. The smallest absolute Gasteiger partial charge is 0.373 e. The molecular weight excluding hydrogens is 423 g/mol. The molecule has 0 bridgehead atoms. The summed E-state index contributed by atoms with van der Waals surface area (Å²) in [4.78, 5) is 15.3. The molecule has 2 aromatic rings. The first kappa shape index (κ1) is 21.9. The topological polar surface area (TPSA) is 108 Å². The largest absolute Gasteiger partial charge is 0.426 e. The molecule has 7 nitrogen and oxygen atoms in total. The Balaban J connectivity index is 2.24. The van der Waals surface area contributed by atoms with E-state index in [9.17, 15) is 31.5 Å². The first-order chi connectivity index (χ1) is 12.7. The number of carbonyl (C=O) groups is 1. The van der Waals surface area contributed by atoms with Gasteiger partial charge in [0.25, 0.3) is 15.9 Å². The molecule has 1 unspecified atom stereocenters. The van der Waals surface area contributed by atoms with Gasteiger partial charge in [-0.1, -0.05) is 17.7 Å². The number of amides is 1. The Hall–Kier alpha value is -2.37. The van der Waals surface area contributed by atoms with Crippen molar-refractivity contribution in [3.63, 3.8) is 0 Å². The molecule has 28 heavy (non-hydrogen) atoms. The number of halogens is 4. The Morgan fingerprint density at radius 3 is 2.36 bits per heavy atom. The van der Waals surface area contributed by atoms with Gasteiger partial charge in [0.15, 0.2) is 0 Å². The molecule has 1 aromatic carbocycles. The average molecular weight is 438 g/mol. The molecule has 1 heterocycles. The van der Waals surface area contributed by atoms with Gasteiger partial charge in [0, 0.05) is 6.20 Å². The van der Waals surface area contributed by atoms with Crippen LogP contribution in [0.4, 0.5) is 24.7 Å². The minimum absolute atomic E-state index is 0.0559. The molecule has 0 spiro atoms. The number of rotatable bonds is 5. The lowest BCUT2D eigenvalue weighted by molar-refractivity contribution is -0.242. The molecule has 2 rings (SSSR count). The second kappa shape index (κ2) is 7.57. The van der Waals surface area contributed by atoms with Gasteiger partial charge in [0.1, 0.15) is 5.82 Å². The van der Waals surface area contributed by atoms with E-state index >= 15 is 0 Å². The molecule has 0 aliphatic rings. The van der Waals surface area contributed by atoms with Crippen LogP contribution in [0.1, 0.15) is 12.5 Å². The maximum atomic E-state index is 12.7. The maximum Gasteiger partial charge on any atom is 0.426 e. The summed E-state index contributed by atoms with van der Waals surface area (Å²) in [5.41, 5.74) is -3.14. The molecular formula is C16H15ClF3N3O4S. The Bertz CT molecular complexity index is 993. The van der Waals surface area contributed by atoms with Crippen LogP contribution in [0.15, 0.2) is 41.4 Å². The van der Waals surface area contributed by atoms with Crippen LogP contribution in [0, 0.1) is 6.92 Å². The van der Waals surface area contributed by atoms with Crippen LogP contribution in [0.3, 0.4) is 0 Å². The highest BCUT2D eigenvalue weighted by Crippen LogP contribution is 2.32. The number of hydrogen-bond donors (Lipinski definition) is 3. The van der Waals surface area contributed by atoms with E-state index in [1.54, 1.807) is 13.0 Å². The summed E-state index contributed by atoms with van der Waals surface area (Å²) in [6.07, 6.45) is -3.76. The number of nitrogens with zero attached hydrogens (tertiary/aromatic N) is 1. The van der Waals surface area contributed by atoms with Crippen molar-refractivity contribution in [3.8, 4) is 0 Å². The lowest BCUT2D eigenvalue weighted by Crippen LogP contribution is -2.52. The number of aromatic nitrogens is 1. The van der Waals surface area contributed by atoms with Crippen LogP contribution in [0.5, 0.6) is 0 Å². The van der Waals surface area contributed by atoms with E-state index < -0.39 is 27.7 Å². The molecule has 1 amide bonds. The maximum absolute atomic E-state index is 12.7. The van der Waals surface area contributed by atoms with E-state index in [4.69, 9.17) is 11.6 Å². The van der Waals surface area contributed by atoms with Gasteiger partial charge in [0.05, 0.1) is 15.6 Å². The van der Waals surface area contributed by atoms with E-state index in [0.717, 1.165) is 23.8 Å². The molecule has 1 aromatic heterocycles. The van der Waals surface area contributed by atoms with Crippen molar-refractivity contribution in [2.45, 2.75) is 30.5 Å². The van der Waals surface area contributed by atoms with Crippen molar-refractivity contribution < 1.29 is 31.5 Å². The van der Waals surface area contributed by atoms with Gasteiger partial charge in [-0.2, -0.15) is 13.2 Å². The third-order valence-electron chi connectivity index (χ3n) is 3.64. The summed E-state index contributed by atoms with van der Waals surface area (Å²) >= 11 is 5.88. The van der Waals surface area contributed by atoms with Crippen LogP contribution in [0.2, 0.25) is 5.02 Å². The third-order valence-corrected chi connectivity index (χ3v) is 5.31. The lowest BCUT2D eigenvalue weighted by atomic mass is 10.1. The predicted octanol–water partition coefficient (Wildman–Crippen LogP) is 3.10. The van der Waals surface area contributed by atoms with Gasteiger partial charge in [-0.15, -0.1) is 0 Å².